The van der Waals surface area contributed by atoms with E-state index in [0.29, 0.717) is 24.1 Å². The number of hydrogen-bond donors (Lipinski definition) is 4. The van der Waals surface area contributed by atoms with Gasteiger partial charge in [0.1, 0.15) is 0 Å². The molecular formula is C18H25N3O4. The highest BCUT2D eigenvalue weighted by molar-refractivity contribution is 5.97. The van der Waals surface area contributed by atoms with Gasteiger partial charge in [0, 0.05) is 17.3 Å². The third-order valence-electron chi connectivity index (χ3n) is 4.52. The van der Waals surface area contributed by atoms with Gasteiger partial charge in [-0.25, -0.2) is 4.79 Å². The zero-order valence-electron chi connectivity index (χ0n) is 14.6. The van der Waals surface area contributed by atoms with Crippen LogP contribution in [0.15, 0.2) is 24.3 Å². The van der Waals surface area contributed by atoms with Crippen molar-refractivity contribution in [1.82, 2.24) is 10.6 Å². The number of anilines is 1. The molecular weight excluding hydrogens is 322 g/mol. The van der Waals surface area contributed by atoms with Gasteiger partial charge >= 0.3 is 12.0 Å². The molecule has 0 aliphatic heterocycles. The molecule has 3 amide bonds. The fourth-order valence-electron chi connectivity index (χ4n) is 2.64. The second-order valence-corrected chi connectivity index (χ2v) is 6.47. The molecule has 1 aromatic rings. The van der Waals surface area contributed by atoms with Gasteiger partial charge in [-0.2, -0.15) is 0 Å². The van der Waals surface area contributed by atoms with E-state index in [0.717, 1.165) is 12.8 Å². The SMILES string of the molecule is CCC(CC)(CC(=O)O)NC(=O)c1cccc(NC(=O)NC2CC2)c1. The van der Waals surface area contributed by atoms with Crippen LogP contribution >= 0.6 is 0 Å². The van der Waals surface area contributed by atoms with Gasteiger partial charge in [0.25, 0.3) is 5.91 Å². The minimum absolute atomic E-state index is 0.131. The van der Waals surface area contributed by atoms with E-state index in [-0.39, 0.29) is 24.4 Å². The lowest BCUT2D eigenvalue weighted by Gasteiger charge is -2.31. The molecule has 1 aliphatic rings. The number of urea groups is 1. The van der Waals surface area contributed by atoms with Crippen molar-refractivity contribution in [3.63, 3.8) is 0 Å². The number of carboxylic acid groups (broad SMARTS) is 1. The number of aliphatic carboxylic acids is 1. The number of nitrogens with one attached hydrogen (secondary N) is 3. The molecule has 0 saturated heterocycles. The van der Waals surface area contributed by atoms with Crippen LogP contribution in [-0.4, -0.2) is 34.6 Å². The highest BCUT2D eigenvalue weighted by atomic mass is 16.4. The maximum absolute atomic E-state index is 12.6. The van der Waals surface area contributed by atoms with E-state index in [1.54, 1.807) is 24.3 Å². The van der Waals surface area contributed by atoms with Crippen LogP contribution in [0.5, 0.6) is 0 Å². The average molecular weight is 347 g/mol. The first kappa shape index (κ1) is 18.8. The zero-order valence-corrected chi connectivity index (χ0v) is 14.6. The smallest absolute Gasteiger partial charge is 0.319 e. The zero-order chi connectivity index (χ0) is 18.4. The summed E-state index contributed by atoms with van der Waals surface area (Å²) in [4.78, 5) is 35.5. The molecule has 1 aliphatic carbocycles. The van der Waals surface area contributed by atoms with Crippen molar-refractivity contribution in [2.45, 2.75) is 57.5 Å². The predicted octanol–water partition coefficient (Wildman–Crippen LogP) is 2.73. The molecule has 2 rings (SSSR count). The van der Waals surface area contributed by atoms with Crippen molar-refractivity contribution in [2.24, 2.45) is 0 Å². The Kier molecular flexibility index (Phi) is 6.01. The third-order valence-corrected chi connectivity index (χ3v) is 4.52. The molecule has 25 heavy (non-hydrogen) atoms. The lowest BCUT2D eigenvalue weighted by atomic mass is 9.88. The molecule has 0 unspecified atom stereocenters. The van der Waals surface area contributed by atoms with Gasteiger partial charge in [-0.15, -0.1) is 0 Å². The molecule has 0 aromatic heterocycles. The molecule has 0 bridgehead atoms. The van der Waals surface area contributed by atoms with Crippen molar-refractivity contribution in [2.75, 3.05) is 5.32 Å². The first-order valence-corrected chi connectivity index (χ1v) is 8.59. The van der Waals surface area contributed by atoms with Crippen molar-refractivity contribution in [3.8, 4) is 0 Å². The number of hydrogen-bond acceptors (Lipinski definition) is 3. The maximum Gasteiger partial charge on any atom is 0.319 e. The fourth-order valence-corrected chi connectivity index (χ4v) is 2.64. The summed E-state index contributed by atoms with van der Waals surface area (Å²) >= 11 is 0. The minimum atomic E-state index is -0.948. The first-order valence-electron chi connectivity index (χ1n) is 8.59. The van der Waals surface area contributed by atoms with Crippen LogP contribution in [-0.2, 0) is 4.79 Å². The van der Waals surface area contributed by atoms with Crippen LogP contribution in [0.4, 0.5) is 10.5 Å². The summed E-state index contributed by atoms with van der Waals surface area (Å²) in [7, 11) is 0. The molecule has 7 nitrogen and oxygen atoms in total. The molecule has 7 heteroatoms. The molecule has 1 saturated carbocycles. The number of benzene rings is 1. The summed E-state index contributed by atoms with van der Waals surface area (Å²) in [5.41, 5.74) is 0.110. The molecule has 0 heterocycles. The van der Waals surface area contributed by atoms with Crippen LogP contribution < -0.4 is 16.0 Å². The summed E-state index contributed by atoms with van der Waals surface area (Å²) in [6.07, 6.45) is 2.89. The quantitative estimate of drug-likeness (QED) is 0.580. The summed E-state index contributed by atoms with van der Waals surface area (Å²) in [5.74, 6) is -1.30. The van der Waals surface area contributed by atoms with Gasteiger partial charge < -0.3 is 21.1 Å². The van der Waals surface area contributed by atoms with Crippen LogP contribution in [0, 0.1) is 0 Å². The number of amides is 3. The lowest BCUT2D eigenvalue weighted by Crippen LogP contribution is -2.49. The van der Waals surface area contributed by atoms with Gasteiger partial charge in [0.05, 0.1) is 12.0 Å². The topological polar surface area (TPSA) is 108 Å². The van der Waals surface area contributed by atoms with Crippen molar-refractivity contribution in [1.29, 1.82) is 0 Å². The van der Waals surface area contributed by atoms with Gasteiger partial charge in [-0.3, -0.25) is 9.59 Å². The molecule has 1 fully saturated rings. The maximum atomic E-state index is 12.6. The van der Waals surface area contributed by atoms with Crippen LogP contribution in [0.1, 0.15) is 56.3 Å². The molecule has 0 radical (unpaired) electrons. The summed E-state index contributed by atoms with van der Waals surface area (Å²) in [6, 6.07) is 6.56. The Balaban J connectivity index is 2.06. The molecule has 4 N–H and O–H groups in total. The lowest BCUT2D eigenvalue weighted by molar-refractivity contribution is -0.138. The normalized spacial score (nSPS) is 13.8. The van der Waals surface area contributed by atoms with Gasteiger partial charge in [-0.05, 0) is 43.9 Å². The Morgan fingerprint density at radius 1 is 1.20 bits per heavy atom. The number of carboxylic acids is 1. The Hall–Kier alpha value is -2.57. The minimum Gasteiger partial charge on any atom is -0.481 e. The van der Waals surface area contributed by atoms with Crippen molar-refractivity contribution < 1.29 is 19.5 Å². The fraction of sp³-hybridized carbons (Fsp3) is 0.500. The Labute approximate surface area is 147 Å². The summed E-state index contributed by atoms with van der Waals surface area (Å²) in [6.45, 7) is 3.71. The van der Waals surface area contributed by atoms with Crippen LogP contribution in [0.2, 0.25) is 0 Å². The monoisotopic (exact) mass is 347 g/mol. The van der Waals surface area contributed by atoms with E-state index < -0.39 is 11.5 Å². The van der Waals surface area contributed by atoms with Crippen molar-refractivity contribution >= 4 is 23.6 Å². The van der Waals surface area contributed by atoms with E-state index in [9.17, 15) is 14.4 Å². The molecule has 0 atom stereocenters. The largest absolute Gasteiger partial charge is 0.481 e. The van der Waals surface area contributed by atoms with Gasteiger partial charge in [0.2, 0.25) is 0 Å². The Bertz CT molecular complexity index is 651. The molecule has 136 valence electrons. The van der Waals surface area contributed by atoms with E-state index >= 15 is 0 Å². The standard InChI is InChI=1S/C18H25N3O4/c1-3-18(4-2,11-15(22)23)21-16(24)12-6-5-7-14(10-12)20-17(25)19-13-8-9-13/h5-7,10,13H,3-4,8-9,11H2,1-2H3,(H,21,24)(H,22,23)(H2,19,20,25). The van der Waals surface area contributed by atoms with E-state index in [1.807, 2.05) is 13.8 Å². The third kappa shape index (κ3) is 5.48. The Morgan fingerprint density at radius 3 is 2.44 bits per heavy atom. The Morgan fingerprint density at radius 2 is 1.88 bits per heavy atom. The number of carbonyl (C=O) groups excluding carboxylic acids is 2. The van der Waals surface area contributed by atoms with Gasteiger partial charge in [-0.1, -0.05) is 19.9 Å². The van der Waals surface area contributed by atoms with Crippen LogP contribution in [0.3, 0.4) is 0 Å². The van der Waals surface area contributed by atoms with E-state index in [1.165, 1.54) is 0 Å². The van der Waals surface area contributed by atoms with Crippen molar-refractivity contribution in [3.05, 3.63) is 29.8 Å². The summed E-state index contributed by atoms with van der Waals surface area (Å²) < 4.78 is 0. The van der Waals surface area contributed by atoms with Gasteiger partial charge in [0.15, 0.2) is 0 Å². The molecule has 1 aromatic carbocycles. The summed E-state index contributed by atoms with van der Waals surface area (Å²) in [5, 5.41) is 17.5. The second kappa shape index (κ2) is 8.00. The van der Waals surface area contributed by atoms with E-state index in [4.69, 9.17) is 5.11 Å². The highest BCUT2D eigenvalue weighted by Crippen LogP contribution is 2.22. The first-order chi connectivity index (χ1) is 11.9. The predicted molar refractivity (Wildman–Crippen MR) is 94.7 cm³/mol. The molecule has 0 spiro atoms. The highest BCUT2D eigenvalue weighted by Gasteiger charge is 2.31. The number of carbonyl (C=O) groups is 3. The number of rotatable bonds is 8. The van der Waals surface area contributed by atoms with Crippen LogP contribution in [0.25, 0.3) is 0 Å². The van der Waals surface area contributed by atoms with E-state index in [2.05, 4.69) is 16.0 Å². The second-order valence-electron chi connectivity index (χ2n) is 6.47. The average Bonchev–Trinajstić information content (AvgIpc) is 3.37.